The maximum absolute atomic E-state index is 12.9. The summed E-state index contributed by atoms with van der Waals surface area (Å²) in [5, 5.41) is 12.9. The Kier molecular flexibility index (Phi) is 5.67. The lowest BCUT2D eigenvalue weighted by Gasteiger charge is -2.26. The Bertz CT molecular complexity index is 909. The minimum Gasteiger partial charge on any atom is -0.324 e. The summed E-state index contributed by atoms with van der Waals surface area (Å²) < 4.78 is 0. The summed E-state index contributed by atoms with van der Waals surface area (Å²) in [5.41, 5.74) is 5.29. The van der Waals surface area contributed by atoms with Crippen LogP contribution in [0.1, 0.15) is 53.4 Å². The van der Waals surface area contributed by atoms with Gasteiger partial charge in [0.1, 0.15) is 6.07 Å². The molecule has 2 rings (SSSR count). The first-order valence-corrected chi connectivity index (χ1v) is 8.74. The summed E-state index contributed by atoms with van der Waals surface area (Å²) in [6.45, 7) is 11.9. The number of hydrogen-bond acceptors (Lipinski definition) is 2. The minimum absolute atomic E-state index is 0.184. The zero-order chi connectivity index (χ0) is 19.5. The van der Waals surface area contributed by atoms with Gasteiger partial charge in [-0.2, -0.15) is 5.26 Å². The number of nitrogens with zero attached hydrogens (tertiary/aromatic N) is 1. The molecular weight excluding hydrogens is 320 g/mol. The molecule has 1 N–H and O–H groups in total. The highest BCUT2D eigenvalue weighted by Crippen LogP contribution is 2.31. The van der Waals surface area contributed by atoms with Gasteiger partial charge in [-0.05, 0) is 43.5 Å². The number of amides is 1. The van der Waals surface area contributed by atoms with Crippen LogP contribution in [-0.2, 0) is 0 Å². The van der Waals surface area contributed by atoms with Gasteiger partial charge in [0, 0.05) is 16.7 Å². The van der Waals surface area contributed by atoms with Crippen molar-refractivity contribution in [1.82, 2.24) is 5.32 Å². The largest absolute Gasteiger partial charge is 0.324 e. The Hall–Kier alpha value is -2.86. The van der Waals surface area contributed by atoms with E-state index in [2.05, 4.69) is 11.4 Å². The van der Waals surface area contributed by atoms with E-state index in [1.54, 1.807) is 0 Å². The summed E-state index contributed by atoms with van der Waals surface area (Å²) in [6.07, 6.45) is 0. The van der Waals surface area contributed by atoms with Gasteiger partial charge in [-0.25, -0.2) is 0 Å². The van der Waals surface area contributed by atoms with Crippen molar-refractivity contribution in [2.24, 2.45) is 5.41 Å². The van der Waals surface area contributed by atoms with E-state index >= 15 is 0 Å². The topological polar surface area (TPSA) is 52.9 Å². The van der Waals surface area contributed by atoms with Crippen LogP contribution >= 0.6 is 0 Å². The molecule has 0 unspecified atom stereocenters. The molecule has 2 aromatic carbocycles. The zero-order valence-corrected chi connectivity index (χ0v) is 16.4. The number of rotatable bonds is 3. The standard InChI is InChI=1S/C23H26N2O/c1-15-9-7-11-18(13-15)20(14-24)21(23(4,5)6)25-22(26)19-12-8-10-16(2)17(19)3/h7-13H,1-6H3,(H,25,26). The Morgan fingerprint density at radius 3 is 2.27 bits per heavy atom. The van der Waals surface area contributed by atoms with Crippen LogP contribution in [0, 0.1) is 37.5 Å². The van der Waals surface area contributed by atoms with Crippen LogP contribution in [0.5, 0.6) is 0 Å². The van der Waals surface area contributed by atoms with Crippen molar-refractivity contribution < 1.29 is 4.79 Å². The second-order valence-corrected chi connectivity index (χ2v) is 7.68. The second kappa shape index (κ2) is 7.58. The molecule has 0 heterocycles. The molecule has 0 saturated carbocycles. The summed E-state index contributed by atoms with van der Waals surface area (Å²) >= 11 is 0. The lowest BCUT2D eigenvalue weighted by molar-refractivity contribution is 0.0957. The molecule has 0 fully saturated rings. The van der Waals surface area contributed by atoms with E-state index in [0.29, 0.717) is 16.8 Å². The number of aryl methyl sites for hydroxylation is 2. The lowest BCUT2D eigenvalue weighted by Crippen LogP contribution is -2.31. The molecule has 0 saturated heterocycles. The number of allylic oxidation sites excluding steroid dienone is 2. The fourth-order valence-electron chi connectivity index (χ4n) is 2.87. The van der Waals surface area contributed by atoms with E-state index in [0.717, 1.165) is 22.3 Å². The molecule has 26 heavy (non-hydrogen) atoms. The Labute approximate surface area is 156 Å². The molecule has 0 aromatic heterocycles. The van der Waals surface area contributed by atoms with E-state index < -0.39 is 0 Å². The van der Waals surface area contributed by atoms with E-state index in [-0.39, 0.29) is 11.3 Å². The molecule has 134 valence electrons. The predicted molar refractivity (Wildman–Crippen MR) is 107 cm³/mol. The molecule has 0 atom stereocenters. The van der Waals surface area contributed by atoms with E-state index in [1.165, 1.54) is 0 Å². The van der Waals surface area contributed by atoms with E-state index in [1.807, 2.05) is 84.0 Å². The molecule has 3 nitrogen and oxygen atoms in total. The first-order valence-electron chi connectivity index (χ1n) is 8.74. The number of benzene rings is 2. The van der Waals surface area contributed by atoms with Gasteiger partial charge in [0.25, 0.3) is 5.91 Å². The van der Waals surface area contributed by atoms with Crippen LogP contribution in [0.4, 0.5) is 0 Å². The minimum atomic E-state index is -0.387. The van der Waals surface area contributed by atoms with Crippen LogP contribution < -0.4 is 5.32 Å². The molecule has 2 aromatic rings. The van der Waals surface area contributed by atoms with Crippen LogP contribution in [0.25, 0.3) is 5.57 Å². The lowest BCUT2D eigenvalue weighted by atomic mass is 9.86. The highest BCUT2D eigenvalue weighted by Gasteiger charge is 2.25. The van der Waals surface area contributed by atoms with Crippen LogP contribution in [0.15, 0.2) is 48.2 Å². The molecule has 0 bridgehead atoms. The predicted octanol–water partition coefficient (Wildman–Crippen LogP) is 5.32. The highest BCUT2D eigenvalue weighted by atomic mass is 16.1. The first kappa shape index (κ1) is 19.5. The van der Waals surface area contributed by atoms with Gasteiger partial charge < -0.3 is 5.32 Å². The summed E-state index contributed by atoms with van der Waals surface area (Å²) in [6, 6.07) is 15.8. The van der Waals surface area contributed by atoms with Gasteiger partial charge in [-0.3, -0.25) is 4.79 Å². The Balaban J connectivity index is 2.56. The van der Waals surface area contributed by atoms with Gasteiger partial charge in [-0.15, -0.1) is 0 Å². The Morgan fingerprint density at radius 2 is 1.69 bits per heavy atom. The summed E-state index contributed by atoms with van der Waals surface area (Å²) in [5.74, 6) is -0.184. The third-order valence-electron chi connectivity index (χ3n) is 4.51. The first-order chi connectivity index (χ1) is 12.1. The van der Waals surface area contributed by atoms with Crippen molar-refractivity contribution >= 4 is 11.5 Å². The molecular formula is C23H26N2O. The maximum Gasteiger partial charge on any atom is 0.255 e. The smallest absolute Gasteiger partial charge is 0.255 e. The number of hydrogen-bond donors (Lipinski definition) is 1. The van der Waals surface area contributed by atoms with Crippen molar-refractivity contribution in [1.29, 1.82) is 5.26 Å². The quantitative estimate of drug-likeness (QED) is 0.764. The van der Waals surface area contributed by atoms with E-state index in [4.69, 9.17) is 0 Å². The van der Waals surface area contributed by atoms with Gasteiger partial charge in [-0.1, -0.05) is 62.7 Å². The molecule has 0 aliphatic heterocycles. The van der Waals surface area contributed by atoms with Crippen LogP contribution in [0.3, 0.4) is 0 Å². The van der Waals surface area contributed by atoms with Crippen LogP contribution in [-0.4, -0.2) is 5.91 Å². The second-order valence-electron chi connectivity index (χ2n) is 7.68. The van der Waals surface area contributed by atoms with Gasteiger partial charge in [0.2, 0.25) is 0 Å². The molecule has 0 radical (unpaired) electrons. The molecule has 0 aliphatic rings. The van der Waals surface area contributed by atoms with Crippen LogP contribution in [0.2, 0.25) is 0 Å². The monoisotopic (exact) mass is 346 g/mol. The number of carbonyl (C=O) groups excluding carboxylic acids is 1. The number of nitriles is 1. The third-order valence-corrected chi connectivity index (χ3v) is 4.51. The maximum atomic E-state index is 12.9. The fourth-order valence-corrected chi connectivity index (χ4v) is 2.87. The van der Waals surface area contributed by atoms with Gasteiger partial charge in [0.05, 0.1) is 5.57 Å². The average molecular weight is 346 g/mol. The van der Waals surface area contributed by atoms with Crippen molar-refractivity contribution in [3.8, 4) is 6.07 Å². The van der Waals surface area contributed by atoms with Crippen molar-refractivity contribution in [2.75, 3.05) is 0 Å². The van der Waals surface area contributed by atoms with Crippen molar-refractivity contribution in [2.45, 2.75) is 41.5 Å². The molecule has 0 aliphatic carbocycles. The number of nitrogens with one attached hydrogen (secondary N) is 1. The Morgan fingerprint density at radius 1 is 1.04 bits per heavy atom. The fraction of sp³-hybridized carbons (Fsp3) is 0.304. The number of carbonyl (C=O) groups is 1. The van der Waals surface area contributed by atoms with Gasteiger partial charge >= 0.3 is 0 Å². The van der Waals surface area contributed by atoms with Crippen molar-refractivity contribution in [3.63, 3.8) is 0 Å². The van der Waals surface area contributed by atoms with Gasteiger partial charge in [0.15, 0.2) is 0 Å². The highest BCUT2D eigenvalue weighted by molar-refractivity contribution is 5.98. The third kappa shape index (κ3) is 4.21. The SMILES string of the molecule is Cc1cccc(C(C#N)=C(NC(=O)c2cccc(C)c2C)C(C)(C)C)c1. The molecule has 0 spiro atoms. The molecule has 3 heteroatoms. The molecule has 1 amide bonds. The van der Waals surface area contributed by atoms with E-state index in [9.17, 15) is 10.1 Å². The zero-order valence-electron chi connectivity index (χ0n) is 16.4. The summed E-state index contributed by atoms with van der Waals surface area (Å²) in [4.78, 5) is 12.9. The van der Waals surface area contributed by atoms with Crippen molar-refractivity contribution in [3.05, 3.63) is 76.0 Å². The normalized spacial score (nSPS) is 12.2. The average Bonchev–Trinajstić information content (AvgIpc) is 2.56. The summed E-state index contributed by atoms with van der Waals surface area (Å²) in [7, 11) is 0.